The number of benzene rings is 2. The molecule has 0 aliphatic rings. The van der Waals surface area contributed by atoms with Gasteiger partial charge in [0.25, 0.3) is 0 Å². The number of aromatic amines is 1. The average Bonchev–Trinajstić information content (AvgIpc) is 3.16. The van der Waals surface area contributed by atoms with Gasteiger partial charge in [-0.25, -0.2) is 4.98 Å². The first-order valence-corrected chi connectivity index (χ1v) is 8.44. The van der Waals surface area contributed by atoms with Crippen LogP contribution in [0.5, 0.6) is 0 Å². The van der Waals surface area contributed by atoms with Crippen LogP contribution in [0.3, 0.4) is 0 Å². The molecule has 0 fully saturated rings. The molecule has 0 aliphatic heterocycles. The molecule has 5 rings (SSSR count). The fourth-order valence-electron chi connectivity index (χ4n) is 3.07. The molecular weight excluding hydrogens is 338 g/mol. The zero-order valence-electron chi connectivity index (χ0n) is 14.2. The first-order chi connectivity index (χ1) is 13.3. The van der Waals surface area contributed by atoms with E-state index in [1.165, 1.54) is 0 Å². The third-order valence-corrected chi connectivity index (χ3v) is 4.43. The molecule has 3 aromatic heterocycles. The van der Waals surface area contributed by atoms with Gasteiger partial charge in [0.15, 0.2) is 0 Å². The highest BCUT2D eigenvalue weighted by Gasteiger charge is 2.08. The van der Waals surface area contributed by atoms with Crippen LogP contribution in [-0.2, 0) is 0 Å². The van der Waals surface area contributed by atoms with Crippen molar-refractivity contribution in [1.82, 2.24) is 25.1 Å². The highest BCUT2D eigenvalue weighted by Crippen LogP contribution is 2.28. The number of rotatable bonds is 3. The second kappa shape index (κ2) is 6.06. The van der Waals surface area contributed by atoms with Crippen molar-refractivity contribution >= 4 is 39.3 Å². The van der Waals surface area contributed by atoms with E-state index in [1.807, 2.05) is 48.5 Å². The van der Waals surface area contributed by atoms with Crippen molar-refractivity contribution in [3.05, 3.63) is 67.1 Å². The number of nitrogen functional groups attached to an aromatic ring is 1. The van der Waals surface area contributed by atoms with E-state index < -0.39 is 0 Å². The SMILES string of the molecule is Nc1nc(Nc2ccc3[nH]ncc3c2)ncc1-c1ccc2ncccc2c1. The molecule has 4 N–H and O–H groups in total. The molecule has 0 atom stereocenters. The Labute approximate surface area is 154 Å². The number of H-pyrrole nitrogens is 1. The van der Waals surface area contributed by atoms with Crippen molar-refractivity contribution < 1.29 is 0 Å². The van der Waals surface area contributed by atoms with Crippen LogP contribution >= 0.6 is 0 Å². The van der Waals surface area contributed by atoms with E-state index in [-0.39, 0.29) is 0 Å². The Hall–Kier alpha value is -4.00. The lowest BCUT2D eigenvalue weighted by atomic mass is 10.1. The van der Waals surface area contributed by atoms with E-state index in [1.54, 1.807) is 18.6 Å². The first kappa shape index (κ1) is 15.3. The summed E-state index contributed by atoms with van der Waals surface area (Å²) in [5.41, 5.74) is 10.7. The molecule has 0 radical (unpaired) electrons. The van der Waals surface area contributed by atoms with Crippen LogP contribution in [0.1, 0.15) is 0 Å². The van der Waals surface area contributed by atoms with Gasteiger partial charge in [-0.15, -0.1) is 0 Å². The Morgan fingerprint density at radius 2 is 1.89 bits per heavy atom. The zero-order valence-corrected chi connectivity index (χ0v) is 14.2. The fourth-order valence-corrected chi connectivity index (χ4v) is 3.07. The number of aromatic nitrogens is 5. The molecule has 130 valence electrons. The summed E-state index contributed by atoms with van der Waals surface area (Å²) < 4.78 is 0. The number of nitrogens with two attached hydrogens (primary N) is 1. The maximum atomic E-state index is 6.20. The maximum absolute atomic E-state index is 6.20. The van der Waals surface area contributed by atoms with Gasteiger partial charge in [0.2, 0.25) is 5.95 Å². The van der Waals surface area contributed by atoms with Crippen LogP contribution in [0.4, 0.5) is 17.5 Å². The molecule has 0 saturated heterocycles. The van der Waals surface area contributed by atoms with Gasteiger partial charge < -0.3 is 11.1 Å². The topological polar surface area (TPSA) is 105 Å². The lowest BCUT2D eigenvalue weighted by molar-refractivity contribution is 1.12. The number of pyridine rings is 1. The molecule has 0 saturated carbocycles. The van der Waals surface area contributed by atoms with Crippen molar-refractivity contribution in [2.75, 3.05) is 11.1 Å². The second-order valence-electron chi connectivity index (χ2n) is 6.20. The van der Waals surface area contributed by atoms with Crippen LogP contribution in [0.25, 0.3) is 32.9 Å². The van der Waals surface area contributed by atoms with Gasteiger partial charge in [-0.3, -0.25) is 10.1 Å². The second-order valence-corrected chi connectivity index (χ2v) is 6.20. The summed E-state index contributed by atoms with van der Waals surface area (Å²) >= 11 is 0. The molecule has 0 spiro atoms. The summed E-state index contributed by atoms with van der Waals surface area (Å²) in [5.74, 6) is 0.863. The van der Waals surface area contributed by atoms with Gasteiger partial charge in [0.1, 0.15) is 5.82 Å². The molecule has 0 aliphatic carbocycles. The first-order valence-electron chi connectivity index (χ1n) is 8.44. The van der Waals surface area contributed by atoms with Gasteiger partial charge in [-0.1, -0.05) is 12.1 Å². The Kier molecular flexibility index (Phi) is 3.43. The van der Waals surface area contributed by atoms with Crippen LogP contribution in [0.15, 0.2) is 67.1 Å². The highest BCUT2D eigenvalue weighted by atomic mass is 15.1. The Balaban J connectivity index is 1.47. The van der Waals surface area contributed by atoms with Crippen molar-refractivity contribution in [2.45, 2.75) is 0 Å². The van der Waals surface area contributed by atoms with Crippen molar-refractivity contribution in [3.63, 3.8) is 0 Å². The van der Waals surface area contributed by atoms with Gasteiger partial charge in [-0.2, -0.15) is 10.1 Å². The number of hydrogen-bond acceptors (Lipinski definition) is 6. The number of nitrogens with one attached hydrogen (secondary N) is 2. The average molecular weight is 353 g/mol. The van der Waals surface area contributed by atoms with Gasteiger partial charge in [0.05, 0.1) is 17.2 Å². The third-order valence-electron chi connectivity index (χ3n) is 4.43. The van der Waals surface area contributed by atoms with E-state index in [0.717, 1.165) is 38.6 Å². The lowest BCUT2D eigenvalue weighted by Crippen LogP contribution is -2.02. The predicted octanol–water partition coefficient (Wildman–Crippen LogP) is 3.89. The molecule has 0 bridgehead atoms. The predicted molar refractivity (Wildman–Crippen MR) is 107 cm³/mol. The summed E-state index contributed by atoms with van der Waals surface area (Å²) in [6, 6.07) is 15.8. The van der Waals surface area contributed by atoms with Crippen LogP contribution in [0, 0.1) is 0 Å². The van der Waals surface area contributed by atoms with E-state index in [9.17, 15) is 0 Å². The number of fused-ring (bicyclic) bond motifs is 2. The summed E-state index contributed by atoms with van der Waals surface area (Å²) in [4.78, 5) is 13.2. The van der Waals surface area contributed by atoms with Crippen molar-refractivity contribution in [2.24, 2.45) is 0 Å². The normalized spacial score (nSPS) is 11.1. The quantitative estimate of drug-likeness (QED) is 0.454. The molecule has 7 nitrogen and oxygen atoms in total. The highest BCUT2D eigenvalue weighted by molar-refractivity contribution is 5.87. The van der Waals surface area contributed by atoms with Gasteiger partial charge in [-0.05, 0) is 42.0 Å². The molecular formula is C20H15N7. The monoisotopic (exact) mass is 353 g/mol. The lowest BCUT2D eigenvalue weighted by Gasteiger charge is -2.09. The fraction of sp³-hybridized carbons (Fsp3) is 0. The molecule has 5 aromatic rings. The van der Waals surface area contributed by atoms with E-state index >= 15 is 0 Å². The molecule has 7 heteroatoms. The van der Waals surface area contributed by atoms with E-state index in [2.05, 4.69) is 30.5 Å². The largest absolute Gasteiger partial charge is 0.383 e. The van der Waals surface area contributed by atoms with Crippen molar-refractivity contribution in [3.8, 4) is 11.1 Å². The summed E-state index contributed by atoms with van der Waals surface area (Å²) in [6.07, 6.45) is 5.28. The molecule has 2 aromatic carbocycles. The van der Waals surface area contributed by atoms with Crippen LogP contribution < -0.4 is 11.1 Å². The Bertz CT molecular complexity index is 1280. The molecule has 3 heterocycles. The van der Waals surface area contributed by atoms with Crippen molar-refractivity contribution in [1.29, 1.82) is 0 Å². The number of anilines is 3. The standard InChI is InChI=1S/C20H15N7/c21-19-16(12-3-5-17-13(8-12)2-1-7-22-17)11-23-20(26-19)25-15-4-6-18-14(9-15)10-24-27-18/h1-11H,(H,24,27)(H3,21,23,25,26). The van der Waals surface area contributed by atoms with E-state index in [4.69, 9.17) is 5.73 Å². The van der Waals surface area contributed by atoms with Gasteiger partial charge >= 0.3 is 0 Å². The zero-order chi connectivity index (χ0) is 18.2. The minimum absolute atomic E-state index is 0.417. The summed E-state index contributed by atoms with van der Waals surface area (Å²) in [6.45, 7) is 0. The maximum Gasteiger partial charge on any atom is 0.229 e. The molecule has 0 amide bonds. The minimum atomic E-state index is 0.417. The minimum Gasteiger partial charge on any atom is -0.383 e. The third kappa shape index (κ3) is 2.81. The molecule has 0 unspecified atom stereocenters. The number of hydrogen-bond donors (Lipinski definition) is 3. The number of nitrogens with zero attached hydrogens (tertiary/aromatic N) is 4. The van der Waals surface area contributed by atoms with Gasteiger partial charge in [0, 0.05) is 34.4 Å². The van der Waals surface area contributed by atoms with Crippen LogP contribution in [-0.4, -0.2) is 25.1 Å². The van der Waals surface area contributed by atoms with E-state index in [0.29, 0.717) is 11.8 Å². The van der Waals surface area contributed by atoms with Crippen LogP contribution in [0.2, 0.25) is 0 Å². The Morgan fingerprint density at radius 3 is 2.81 bits per heavy atom. The Morgan fingerprint density at radius 1 is 0.926 bits per heavy atom. The summed E-state index contributed by atoms with van der Waals surface area (Å²) in [5, 5.41) is 12.2. The molecule has 27 heavy (non-hydrogen) atoms. The smallest absolute Gasteiger partial charge is 0.229 e. The summed E-state index contributed by atoms with van der Waals surface area (Å²) in [7, 11) is 0.